The van der Waals surface area contributed by atoms with Crippen molar-refractivity contribution in [3.05, 3.63) is 76.9 Å². The SMILES string of the molecule is CCC1C(CCC(=O)CC2=CCC(C)=C2)=CC=C1c1ccccc1. The molecule has 1 aromatic rings. The molecule has 0 bridgehead atoms. The van der Waals surface area contributed by atoms with Gasteiger partial charge >= 0.3 is 0 Å². The van der Waals surface area contributed by atoms with Crippen LogP contribution in [0.4, 0.5) is 0 Å². The van der Waals surface area contributed by atoms with E-state index in [1.165, 1.54) is 27.9 Å². The normalized spacial score (nSPS) is 19.7. The number of hydrogen-bond acceptors (Lipinski definition) is 1. The smallest absolute Gasteiger partial charge is 0.137 e. The van der Waals surface area contributed by atoms with E-state index in [4.69, 9.17) is 0 Å². The monoisotopic (exact) mass is 318 g/mol. The van der Waals surface area contributed by atoms with Crippen LogP contribution in [-0.4, -0.2) is 5.78 Å². The van der Waals surface area contributed by atoms with Gasteiger partial charge in [-0.25, -0.2) is 0 Å². The summed E-state index contributed by atoms with van der Waals surface area (Å²) in [6.45, 7) is 4.36. The second-order valence-corrected chi connectivity index (χ2v) is 6.88. The van der Waals surface area contributed by atoms with Gasteiger partial charge in [0.25, 0.3) is 0 Å². The van der Waals surface area contributed by atoms with Gasteiger partial charge in [0, 0.05) is 18.8 Å². The van der Waals surface area contributed by atoms with Gasteiger partial charge in [0.1, 0.15) is 5.78 Å². The first kappa shape index (κ1) is 16.7. The number of carbonyl (C=O) groups excluding carboxylic acids is 1. The second-order valence-electron chi connectivity index (χ2n) is 6.88. The maximum atomic E-state index is 12.3. The van der Waals surface area contributed by atoms with Crippen molar-refractivity contribution in [1.29, 1.82) is 0 Å². The molecule has 0 saturated heterocycles. The first-order valence-corrected chi connectivity index (χ1v) is 9.01. The highest BCUT2D eigenvalue weighted by atomic mass is 16.1. The quantitative estimate of drug-likeness (QED) is 0.598. The molecule has 2 aliphatic carbocycles. The fourth-order valence-corrected chi connectivity index (χ4v) is 3.75. The van der Waals surface area contributed by atoms with Crippen LogP contribution in [0.1, 0.15) is 51.5 Å². The zero-order valence-corrected chi connectivity index (χ0v) is 14.7. The molecule has 1 nitrogen and oxygen atoms in total. The summed E-state index contributed by atoms with van der Waals surface area (Å²) in [6.07, 6.45) is 13.1. The number of allylic oxidation sites excluding steroid dienone is 8. The molecule has 1 heteroatoms. The minimum absolute atomic E-state index is 0.358. The second kappa shape index (κ2) is 7.61. The van der Waals surface area contributed by atoms with E-state index >= 15 is 0 Å². The Morgan fingerprint density at radius 3 is 2.62 bits per heavy atom. The Morgan fingerprint density at radius 1 is 1.17 bits per heavy atom. The van der Waals surface area contributed by atoms with Crippen LogP contribution in [-0.2, 0) is 4.79 Å². The van der Waals surface area contributed by atoms with Gasteiger partial charge in [-0.2, -0.15) is 0 Å². The lowest BCUT2D eigenvalue weighted by atomic mass is 9.86. The van der Waals surface area contributed by atoms with E-state index in [0.717, 1.165) is 19.3 Å². The molecule has 124 valence electrons. The van der Waals surface area contributed by atoms with Crippen molar-refractivity contribution in [2.45, 2.75) is 46.0 Å². The molecular weight excluding hydrogens is 292 g/mol. The zero-order chi connectivity index (χ0) is 16.9. The van der Waals surface area contributed by atoms with Gasteiger partial charge in [-0.05, 0) is 42.9 Å². The van der Waals surface area contributed by atoms with Crippen molar-refractivity contribution in [2.75, 3.05) is 0 Å². The van der Waals surface area contributed by atoms with Crippen molar-refractivity contribution in [1.82, 2.24) is 0 Å². The summed E-state index contributed by atoms with van der Waals surface area (Å²) in [5.74, 6) is 0.823. The van der Waals surface area contributed by atoms with E-state index < -0.39 is 0 Å². The minimum Gasteiger partial charge on any atom is -0.299 e. The van der Waals surface area contributed by atoms with Crippen molar-refractivity contribution in [3.63, 3.8) is 0 Å². The highest BCUT2D eigenvalue weighted by Gasteiger charge is 2.22. The Kier molecular flexibility index (Phi) is 5.30. The summed E-state index contributed by atoms with van der Waals surface area (Å²) in [6, 6.07) is 10.6. The minimum atomic E-state index is 0.358. The third kappa shape index (κ3) is 3.84. The third-order valence-electron chi connectivity index (χ3n) is 5.03. The van der Waals surface area contributed by atoms with Gasteiger partial charge in [-0.15, -0.1) is 0 Å². The van der Waals surface area contributed by atoms with E-state index in [0.29, 0.717) is 24.5 Å². The highest BCUT2D eigenvalue weighted by Crippen LogP contribution is 2.38. The molecule has 1 aromatic carbocycles. The molecule has 24 heavy (non-hydrogen) atoms. The summed E-state index contributed by atoms with van der Waals surface area (Å²) in [5, 5.41) is 0. The Balaban J connectivity index is 1.56. The first-order valence-electron chi connectivity index (χ1n) is 9.01. The average molecular weight is 318 g/mol. The fourth-order valence-electron chi connectivity index (χ4n) is 3.75. The predicted octanol–water partition coefficient (Wildman–Crippen LogP) is 6.05. The van der Waals surface area contributed by atoms with Gasteiger partial charge < -0.3 is 0 Å². The van der Waals surface area contributed by atoms with Crippen molar-refractivity contribution in [2.24, 2.45) is 5.92 Å². The number of carbonyl (C=O) groups is 1. The molecule has 2 aliphatic rings. The van der Waals surface area contributed by atoms with Crippen LogP contribution in [0.5, 0.6) is 0 Å². The molecule has 0 radical (unpaired) electrons. The molecule has 1 unspecified atom stereocenters. The largest absolute Gasteiger partial charge is 0.299 e. The summed E-state index contributed by atoms with van der Waals surface area (Å²) >= 11 is 0. The van der Waals surface area contributed by atoms with Gasteiger partial charge in [0.15, 0.2) is 0 Å². The van der Waals surface area contributed by atoms with Gasteiger partial charge in [0.05, 0.1) is 0 Å². The lowest BCUT2D eigenvalue weighted by molar-refractivity contribution is -0.118. The molecule has 1 atom stereocenters. The third-order valence-corrected chi connectivity index (χ3v) is 5.03. The maximum absolute atomic E-state index is 12.3. The molecular formula is C23H26O. The molecule has 0 aliphatic heterocycles. The number of ketones is 1. The highest BCUT2D eigenvalue weighted by molar-refractivity contribution is 5.82. The van der Waals surface area contributed by atoms with Gasteiger partial charge in [-0.3, -0.25) is 4.79 Å². The van der Waals surface area contributed by atoms with Crippen LogP contribution in [0.15, 0.2) is 71.4 Å². The Bertz CT molecular complexity index is 729. The average Bonchev–Trinajstić information content (AvgIpc) is 3.19. The van der Waals surface area contributed by atoms with Crippen LogP contribution in [0, 0.1) is 5.92 Å². The zero-order valence-electron chi connectivity index (χ0n) is 14.7. The standard InChI is InChI=1S/C23H26O/c1-3-22-20(12-14-23(22)19-7-5-4-6-8-19)11-13-21(24)16-18-10-9-17(2)15-18/h4-8,10,12,14-15,22H,3,9,11,13,16H2,1-2H3. The number of rotatable bonds is 7. The summed E-state index contributed by atoms with van der Waals surface area (Å²) in [4.78, 5) is 12.3. The maximum Gasteiger partial charge on any atom is 0.137 e. The summed E-state index contributed by atoms with van der Waals surface area (Å²) in [5.41, 5.74) is 6.68. The van der Waals surface area contributed by atoms with E-state index in [1.54, 1.807) is 0 Å². The van der Waals surface area contributed by atoms with E-state index in [9.17, 15) is 4.79 Å². The molecule has 0 N–H and O–H groups in total. The molecule has 0 saturated carbocycles. The molecule has 0 heterocycles. The van der Waals surface area contributed by atoms with Crippen LogP contribution in [0.2, 0.25) is 0 Å². The van der Waals surface area contributed by atoms with Crippen LogP contribution >= 0.6 is 0 Å². The van der Waals surface area contributed by atoms with Crippen LogP contribution in [0.25, 0.3) is 5.57 Å². The summed E-state index contributed by atoms with van der Waals surface area (Å²) in [7, 11) is 0. The van der Waals surface area contributed by atoms with Crippen molar-refractivity contribution < 1.29 is 4.79 Å². The molecule has 0 aromatic heterocycles. The summed E-state index contributed by atoms with van der Waals surface area (Å²) < 4.78 is 0. The van der Waals surface area contributed by atoms with Gasteiger partial charge in [0.2, 0.25) is 0 Å². The topological polar surface area (TPSA) is 17.1 Å². The number of Topliss-reactive ketones (excluding diaryl/α,β-unsaturated/α-hetero) is 1. The van der Waals surface area contributed by atoms with E-state index in [1.807, 2.05) is 0 Å². The Labute approximate surface area is 145 Å². The fraction of sp³-hybridized carbons (Fsp3) is 0.348. The van der Waals surface area contributed by atoms with E-state index in [-0.39, 0.29) is 0 Å². The number of hydrogen-bond donors (Lipinski definition) is 0. The Hall–Kier alpha value is -2.15. The molecule has 0 amide bonds. The molecule has 3 rings (SSSR count). The van der Waals surface area contributed by atoms with Crippen molar-refractivity contribution in [3.8, 4) is 0 Å². The van der Waals surface area contributed by atoms with Gasteiger partial charge in [-0.1, -0.05) is 72.7 Å². The lowest BCUT2D eigenvalue weighted by Gasteiger charge is -2.18. The van der Waals surface area contributed by atoms with Crippen LogP contribution < -0.4 is 0 Å². The molecule has 0 spiro atoms. The van der Waals surface area contributed by atoms with Crippen LogP contribution in [0.3, 0.4) is 0 Å². The first-order chi connectivity index (χ1) is 11.7. The van der Waals surface area contributed by atoms with Crippen molar-refractivity contribution >= 4 is 11.4 Å². The Morgan fingerprint density at radius 2 is 1.96 bits per heavy atom. The van der Waals surface area contributed by atoms with E-state index in [2.05, 4.69) is 68.5 Å². The molecule has 0 fully saturated rings. The predicted molar refractivity (Wildman–Crippen MR) is 102 cm³/mol. The lowest BCUT2D eigenvalue weighted by Crippen LogP contribution is -2.06. The number of benzene rings is 1.